The number of morpholine rings is 1. The van der Waals surface area contributed by atoms with Crippen LogP contribution in [0.25, 0.3) is 0 Å². The molecule has 3 rings (SSSR count). The van der Waals surface area contributed by atoms with Crippen LogP contribution in [0.1, 0.15) is 41.0 Å². The van der Waals surface area contributed by atoms with Gasteiger partial charge in [0.2, 0.25) is 0 Å². The molecule has 7 nitrogen and oxygen atoms in total. The van der Waals surface area contributed by atoms with Crippen molar-refractivity contribution in [1.82, 2.24) is 14.5 Å². The summed E-state index contributed by atoms with van der Waals surface area (Å²) in [5.41, 5.74) is 1.77. The molecule has 2 unspecified atom stereocenters. The quantitative estimate of drug-likeness (QED) is 0.206. The van der Waals surface area contributed by atoms with Gasteiger partial charge in [-0.1, -0.05) is 63.9 Å². The molecule has 1 amide bonds. The van der Waals surface area contributed by atoms with Crippen LogP contribution in [-0.2, 0) is 14.3 Å². The zero-order valence-corrected chi connectivity index (χ0v) is 24.9. The number of nitrogens with one attached hydrogen (secondary N) is 1. The second kappa shape index (κ2) is 18.2. The second-order valence-corrected chi connectivity index (χ2v) is 9.61. The number of benzene rings is 1. The topological polar surface area (TPSA) is 63.3 Å². The molecule has 0 bridgehead atoms. The van der Waals surface area contributed by atoms with Crippen molar-refractivity contribution >= 4 is 17.9 Å². The SMILES string of the molecule is CC.CC/C=C(\C=C1/C(C)C=C(CN2CCOC(CNSC)C2)C(=O)N1CCOCC)Oc1ccccc1. The van der Waals surface area contributed by atoms with Gasteiger partial charge in [0.25, 0.3) is 5.91 Å². The third-order valence-electron chi connectivity index (χ3n) is 6.16. The average Bonchev–Trinajstić information content (AvgIpc) is 2.94. The molecule has 0 aromatic heterocycles. The van der Waals surface area contributed by atoms with Crippen LogP contribution in [0.3, 0.4) is 0 Å². The molecule has 2 aliphatic heterocycles. The summed E-state index contributed by atoms with van der Waals surface area (Å²) in [6.45, 7) is 15.5. The molecule has 2 atom stereocenters. The summed E-state index contributed by atoms with van der Waals surface area (Å²) in [5, 5.41) is 0. The Morgan fingerprint density at radius 2 is 2.00 bits per heavy atom. The fraction of sp³-hybridized carbons (Fsp3) is 0.567. The highest BCUT2D eigenvalue weighted by atomic mass is 32.2. The summed E-state index contributed by atoms with van der Waals surface area (Å²) in [7, 11) is 0. The summed E-state index contributed by atoms with van der Waals surface area (Å²) >= 11 is 1.60. The monoisotopic (exact) mass is 545 g/mol. The first-order valence-electron chi connectivity index (χ1n) is 13.9. The number of nitrogens with zero attached hydrogens (tertiary/aromatic N) is 2. The highest BCUT2D eigenvalue weighted by Crippen LogP contribution is 2.29. The Kier molecular flexibility index (Phi) is 15.4. The van der Waals surface area contributed by atoms with Crippen LogP contribution in [0, 0.1) is 5.92 Å². The maximum absolute atomic E-state index is 13.7. The number of para-hydroxylation sites is 1. The number of carbonyl (C=O) groups excluding carboxylic acids is 1. The van der Waals surface area contributed by atoms with Gasteiger partial charge in [0.1, 0.15) is 11.5 Å². The van der Waals surface area contributed by atoms with Crippen LogP contribution in [0.4, 0.5) is 0 Å². The van der Waals surface area contributed by atoms with Crippen LogP contribution in [0.5, 0.6) is 5.75 Å². The molecule has 1 N–H and O–H groups in total. The minimum Gasteiger partial charge on any atom is -0.458 e. The predicted octanol–water partition coefficient (Wildman–Crippen LogP) is 5.28. The zero-order valence-electron chi connectivity index (χ0n) is 24.1. The van der Waals surface area contributed by atoms with Crippen molar-refractivity contribution in [2.24, 2.45) is 5.92 Å². The summed E-state index contributed by atoms with van der Waals surface area (Å²) in [4.78, 5) is 17.9. The van der Waals surface area contributed by atoms with E-state index >= 15 is 0 Å². The van der Waals surface area contributed by atoms with E-state index in [2.05, 4.69) is 29.5 Å². The van der Waals surface area contributed by atoms with Gasteiger partial charge in [0, 0.05) is 62.6 Å². The van der Waals surface area contributed by atoms with Crippen LogP contribution < -0.4 is 9.46 Å². The molecule has 0 saturated carbocycles. The molecular formula is C30H47N3O4S. The van der Waals surface area contributed by atoms with Crippen LogP contribution in [0.2, 0.25) is 0 Å². The van der Waals surface area contributed by atoms with Crippen molar-refractivity contribution in [2.75, 3.05) is 58.8 Å². The fourth-order valence-corrected chi connectivity index (χ4v) is 4.77. The van der Waals surface area contributed by atoms with E-state index in [1.165, 1.54) is 0 Å². The number of hydrogen-bond acceptors (Lipinski definition) is 7. The highest BCUT2D eigenvalue weighted by molar-refractivity contribution is 7.96. The van der Waals surface area contributed by atoms with Crippen LogP contribution in [0.15, 0.2) is 65.6 Å². The number of carbonyl (C=O) groups is 1. The lowest BCUT2D eigenvalue weighted by molar-refractivity contribution is -0.127. The van der Waals surface area contributed by atoms with E-state index in [1.54, 1.807) is 11.9 Å². The molecular weight excluding hydrogens is 498 g/mol. The van der Waals surface area contributed by atoms with Crippen molar-refractivity contribution in [3.63, 3.8) is 0 Å². The summed E-state index contributed by atoms with van der Waals surface area (Å²) in [6.07, 6.45) is 9.15. The first-order chi connectivity index (χ1) is 18.5. The number of hydrogen-bond donors (Lipinski definition) is 1. The standard InChI is InChI=1S/C28H41N3O4S.C2H6/c1-5-10-25(35-24-11-8-7-9-12-24)18-27-22(3)17-23(28(32)31(27)14-15-33-6-2)20-30-13-16-34-26(21-30)19-29-36-4;1-2/h7-12,17-18,22,26,29H,5-6,13-16,19-21H2,1-4H3;1-2H3/b25-10+,27-18+;. The lowest BCUT2D eigenvalue weighted by Crippen LogP contribution is -2.48. The van der Waals surface area contributed by atoms with E-state index in [0.29, 0.717) is 32.9 Å². The summed E-state index contributed by atoms with van der Waals surface area (Å²) in [6, 6.07) is 9.75. The highest BCUT2D eigenvalue weighted by Gasteiger charge is 2.32. The van der Waals surface area contributed by atoms with Crippen molar-refractivity contribution in [1.29, 1.82) is 0 Å². The summed E-state index contributed by atoms with van der Waals surface area (Å²) in [5.74, 6) is 1.63. The molecule has 1 aromatic rings. The van der Waals surface area contributed by atoms with Gasteiger partial charge in [-0.25, -0.2) is 0 Å². The minimum absolute atomic E-state index is 0.0416. The molecule has 0 spiro atoms. The third-order valence-corrected chi connectivity index (χ3v) is 6.61. The van der Waals surface area contributed by atoms with Crippen molar-refractivity contribution in [3.05, 3.63) is 65.6 Å². The maximum Gasteiger partial charge on any atom is 0.255 e. The van der Waals surface area contributed by atoms with Crippen LogP contribution >= 0.6 is 11.9 Å². The third kappa shape index (κ3) is 10.2. The van der Waals surface area contributed by atoms with Crippen LogP contribution in [-0.4, -0.2) is 80.6 Å². The number of amides is 1. The first kappa shape index (κ1) is 32.1. The molecule has 0 radical (unpaired) electrons. The Bertz CT molecular complexity index is 919. The number of rotatable bonds is 13. The maximum atomic E-state index is 13.7. The Morgan fingerprint density at radius 1 is 1.24 bits per heavy atom. The fourth-order valence-electron chi connectivity index (χ4n) is 4.42. The van der Waals surface area contributed by atoms with E-state index in [9.17, 15) is 4.79 Å². The number of ether oxygens (including phenoxy) is 3. The molecule has 212 valence electrons. The molecule has 1 fully saturated rings. The van der Waals surface area contributed by atoms with Crippen molar-refractivity contribution < 1.29 is 19.0 Å². The predicted molar refractivity (Wildman–Crippen MR) is 158 cm³/mol. The first-order valence-corrected chi connectivity index (χ1v) is 15.1. The normalized spacial score (nSPS) is 21.7. The van der Waals surface area contributed by atoms with Gasteiger partial charge in [-0.3, -0.25) is 14.4 Å². The van der Waals surface area contributed by atoms with E-state index in [-0.39, 0.29) is 17.9 Å². The molecule has 0 aliphatic carbocycles. The molecule has 38 heavy (non-hydrogen) atoms. The van der Waals surface area contributed by atoms with Gasteiger partial charge >= 0.3 is 0 Å². The Labute approximate surface area is 234 Å². The van der Waals surface area contributed by atoms with E-state index in [4.69, 9.17) is 14.2 Å². The van der Waals surface area contributed by atoms with Crippen molar-refractivity contribution in [3.8, 4) is 5.75 Å². The Balaban J connectivity index is 0.00000247. The zero-order chi connectivity index (χ0) is 27.8. The largest absolute Gasteiger partial charge is 0.458 e. The van der Waals surface area contributed by atoms with Crippen molar-refractivity contribution in [2.45, 2.75) is 47.1 Å². The Hall–Kier alpha value is -2.10. The molecule has 2 heterocycles. The molecule has 2 aliphatic rings. The minimum atomic E-state index is 0.0416. The van der Waals surface area contributed by atoms with E-state index < -0.39 is 0 Å². The van der Waals surface area contributed by atoms with Gasteiger partial charge in [-0.05, 0) is 37.8 Å². The van der Waals surface area contributed by atoms with E-state index in [1.807, 2.05) is 74.4 Å². The molecule has 8 heteroatoms. The van der Waals surface area contributed by atoms with Gasteiger partial charge < -0.3 is 19.1 Å². The number of allylic oxidation sites excluding steroid dienone is 3. The second-order valence-electron chi connectivity index (χ2n) is 8.91. The van der Waals surface area contributed by atoms with Gasteiger partial charge in [0.15, 0.2) is 0 Å². The Morgan fingerprint density at radius 3 is 2.68 bits per heavy atom. The van der Waals surface area contributed by atoms with Gasteiger partial charge in [-0.2, -0.15) is 0 Å². The van der Waals surface area contributed by atoms with Gasteiger partial charge in [0.05, 0.1) is 19.3 Å². The average molecular weight is 546 g/mol. The van der Waals surface area contributed by atoms with E-state index in [0.717, 1.165) is 48.8 Å². The smallest absolute Gasteiger partial charge is 0.255 e. The molecule has 1 saturated heterocycles. The van der Waals surface area contributed by atoms with Gasteiger partial charge in [-0.15, -0.1) is 0 Å². The molecule has 1 aromatic carbocycles. The lowest BCUT2D eigenvalue weighted by Gasteiger charge is -2.37. The lowest BCUT2D eigenvalue weighted by atomic mass is 9.95. The summed E-state index contributed by atoms with van der Waals surface area (Å²) < 4.78 is 21.0.